The van der Waals surface area contributed by atoms with Gasteiger partial charge in [-0.2, -0.15) is 0 Å². The van der Waals surface area contributed by atoms with Gasteiger partial charge in [-0.3, -0.25) is 14.8 Å². The summed E-state index contributed by atoms with van der Waals surface area (Å²) < 4.78 is 6.24. The number of nitrogens with zero attached hydrogens (tertiary/aromatic N) is 3. The molecule has 1 aromatic heterocycles. The van der Waals surface area contributed by atoms with E-state index in [0.29, 0.717) is 6.04 Å². The van der Waals surface area contributed by atoms with Gasteiger partial charge in [0.1, 0.15) is 11.4 Å². The van der Waals surface area contributed by atoms with E-state index in [1.165, 1.54) is 16.7 Å². The molecule has 2 aliphatic rings. The van der Waals surface area contributed by atoms with Crippen LogP contribution in [-0.4, -0.2) is 46.6 Å². The normalized spacial score (nSPS) is 21.2. The number of piperazine rings is 1. The van der Waals surface area contributed by atoms with Crippen LogP contribution < -0.4 is 4.74 Å². The second kappa shape index (κ2) is 7.01. The number of ether oxygens (including phenoxy) is 1. The molecule has 2 aliphatic heterocycles. The van der Waals surface area contributed by atoms with Crippen molar-refractivity contribution in [1.29, 1.82) is 0 Å². The molecule has 1 fully saturated rings. The lowest BCUT2D eigenvalue weighted by atomic mass is 10.0. The molecule has 0 amide bonds. The molecular weight excluding hydrogens is 322 g/mol. The highest BCUT2D eigenvalue weighted by Crippen LogP contribution is 2.38. The van der Waals surface area contributed by atoms with Gasteiger partial charge in [0.25, 0.3) is 0 Å². The Hall–Kier alpha value is -1.91. The first-order chi connectivity index (χ1) is 12.5. The van der Waals surface area contributed by atoms with Crippen LogP contribution in [0.5, 0.6) is 5.75 Å². The SMILES string of the molecule is C[C@@H](c1cccnc1)N1CCN(Cc2cccc3c2OC(C)(C)C3)CC1. The fraction of sp³-hybridized carbons (Fsp3) is 0.500. The number of hydrogen-bond acceptors (Lipinski definition) is 4. The van der Waals surface area contributed by atoms with Crippen molar-refractivity contribution in [2.45, 2.75) is 45.4 Å². The van der Waals surface area contributed by atoms with Gasteiger partial charge in [-0.25, -0.2) is 0 Å². The number of rotatable bonds is 4. The van der Waals surface area contributed by atoms with Crippen molar-refractivity contribution in [3.8, 4) is 5.75 Å². The van der Waals surface area contributed by atoms with Crippen LogP contribution in [0.4, 0.5) is 0 Å². The first-order valence-corrected chi connectivity index (χ1v) is 9.68. The summed E-state index contributed by atoms with van der Waals surface area (Å²) in [5.74, 6) is 1.13. The number of benzene rings is 1. The van der Waals surface area contributed by atoms with Gasteiger partial charge >= 0.3 is 0 Å². The maximum atomic E-state index is 6.24. The summed E-state index contributed by atoms with van der Waals surface area (Å²) in [6.45, 7) is 12.0. The Balaban J connectivity index is 1.38. The zero-order valence-electron chi connectivity index (χ0n) is 16.1. The molecule has 1 aromatic carbocycles. The van der Waals surface area contributed by atoms with E-state index in [-0.39, 0.29) is 5.60 Å². The summed E-state index contributed by atoms with van der Waals surface area (Å²) in [5, 5.41) is 0. The van der Waals surface area contributed by atoms with Gasteiger partial charge in [0.05, 0.1) is 0 Å². The van der Waals surface area contributed by atoms with Crippen LogP contribution in [0.3, 0.4) is 0 Å². The minimum absolute atomic E-state index is 0.0731. The first kappa shape index (κ1) is 17.5. The van der Waals surface area contributed by atoms with Crippen LogP contribution in [-0.2, 0) is 13.0 Å². The molecule has 3 heterocycles. The fourth-order valence-electron chi connectivity index (χ4n) is 4.19. The van der Waals surface area contributed by atoms with Crippen molar-refractivity contribution in [2.24, 2.45) is 0 Å². The van der Waals surface area contributed by atoms with Crippen molar-refractivity contribution in [3.05, 3.63) is 59.4 Å². The van der Waals surface area contributed by atoms with E-state index < -0.39 is 0 Å². The molecule has 1 atom stereocenters. The highest BCUT2D eigenvalue weighted by molar-refractivity contribution is 5.45. The van der Waals surface area contributed by atoms with Crippen molar-refractivity contribution < 1.29 is 4.74 Å². The van der Waals surface area contributed by atoms with Gasteiger partial charge in [0.15, 0.2) is 0 Å². The zero-order valence-corrected chi connectivity index (χ0v) is 16.1. The third kappa shape index (κ3) is 3.62. The molecule has 26 heavy (non-hydrogen) atoms. The molecule has 0 aliphatic carbocycles. The largest absolute Gasteiger partial charge is 0.487 e. The highest BCUT2D eigenvalue weighted by Gasteiger charge is 2.32. The maximum absolute atomic E-state index is 6.24. The molecule has 4 nitrogen and oxygen atoms in total. The quantitative estimate of drug-likeness (QED) is 0.840. The lowest BCUT2D eigenvalue weighted by molar-refractivity contribution is 0.0949. The molecule has 0 saturated carbocycles. The molecule has 0 spiro atoms. The molecule has 138 valence electrons. The molecule has 1 saturated heterocycles. The Morgan fingerprint density at radius 1 is 1.12 bits per heavy atom. The highest BCUT2D eigenvalue weighted by atomic mass is 16.5. The summed E-state index contributed by atoms with van der Waals surface area (Å²) in [6, 6.07) is 11.2. The van der Waals surface area contributed by atoms with E-state index in [1.54, 1.807) is 0 Å². The molecule has 2 aromatic rings. The lowest BCUT2D eigenvalue weighted by Crippen LogP contribution is -2.46. The van der Waals surface area contributed by atoms with E-state index in [0.717, 1.165) is 44.9 Å². The van der Waals surface area contributed by atoms with Gasteiger partial charge in [-0.15, -0.1) is 0 Å². The van der Waals surface area contributed by atoms with Crippen LogP contribution in [0.15, 0.2) is 42.7 Å². The number of aromatic nitrogens is 1. The smallest absolute Gasteiger partial charge is 0.127 e. The average Bonchev–Trinajstić information content (AvgIpc) is 2.97. The number of fused-ring (bicyclic) bond motifs is 1. The number of hydrogen-bond donors (Lipinski definition) is 0. The molecular formula is C22H29N3O. The summed E-state index contributed by atoms with van der Waals surface area (Å²) in [5.41, 5.74) is 3.92. The van der Waals surface area contributed by atoms with Crippen LogP contribution in [0.25, 0.3) is 0 Å². The van der Waals surface area contributed by atoms with Crippen molar-refractivity contribution in [2.75, 3.05) is 26.2 Å². The predicted octanol–water partition coefficient (Wildman–Crippen LogP) is 3.67. The minimum atomic E-state index is -0.0731. The van der Waals surface area contributed by atoms with Crippen LogP contribution >= 0.6 is 0 Å². The van der Waals surface area contributed by atoms with Crippen molar-refractivity contribution in [3.63, 3.8) is 0 Å². The fourth-order valence-corrected chi connectivity index (χ4v) is 4.19. The molecule has 4 rings (SSSR count). The van der Waals surface area contributed by atoms with Gasteiger partial charge in [0, 0.05) is 63.1 Å². The van der Waals surface area contributed by atoms with Crippen molar-refractivity contribution >= 4 is 0 Å². The Labute approximate surface area is 156 Å². The summed E-state index contributed by atoms with van der Waals surface area (Å²) in [6.07, 6.45) is 4.84. The zero-order chi connectivity index (χ0) is 18.1. The minimum Gasteiger partial charge on any atom is -0.487 e. The van der Waals surface area contributed by atoms with Crippen LogP contribution in [0.2, 0.25) is 0 Å². The lowest BCUT2D eigenvalue weighted by Gasteiger charge is -2.38. The molecule has 4 heteroatoms. The topological polar surface area (TPSA) is 28.6 Å². The number of para-hydroxylation sites is 1. The monoisotopic (exact) mass is 351 g/mol. The molecule has 0 bridgehead atoms. The Morgan fingerprint density at radius 2 is 1.92 bits per heavy atom. The Morgan fingerprint density at radius 3 is 2.65 bits per heavy atom. The van der Waals surface area contributed by atoms with E-state index in [9.17, 15) is 0 Å². The predicted molar refractivity (Wildman–Crippen MR) is 104 cm³/mol. The maximum Gasteiger partial charge on any atom is 0.127 e. The van der Waals surface area contributed by atoms with Crippen LogP contribution in [0, 0.1) is 0 Å². The summed E-state index contributed by atoms with van der Waals surface area (Å²) in [4.78, 5) is 9.38. The average molecular weight is 351 g/mol. The van der Waals surface area contributed by atoms with E-state index in [1.807, 2.05) is 18.5 Å². The Kier molecular flexibility index (Phi) is 4.72. The second-order valence-electron chi connectivity index (χ2n) is 8.22. The molecule has 0 radical (unpaired) electrons. The van der Waals surface area contributed by atoms with Gasteiger partial charge < -0.3 is 4.74 Å². The standard InChI is InChI=1S/C22H29N3O/c1-17(19-8-5-9-23-15-19)25-12-10-24(11-13-25)16-20-7-4-6-18-14-22(2,3)26-21(18)20/h4-9,15,17H,10-14,16H2,1-3H3/t17-/m0/s1. The second-order valence-corrected chi connectivity index (χ2v) is 8.22. The van der Waals surface area contributed by atoms with E-state index >= 15 is 0 Å². The van der Waals surface area contributed by atoms with Crippen LogP contribution in [0.1, 0.15) is 43.5 Å². The molecule has 0 unspecified atom stereocenters. The van der Waals surface area contributed by atoms with Crippen molar-refractivity contribution in [1.82, 2.24) is 14.8 Å². The van der Waals surface area contributed by atoms with E-state index in [4.69, 9.17) is 4.74 Å². The summed E-state index contributed by atoms with van der Waals surface area (Å²) >= 11 is 0. The molecule has 0 N–H and O–H groups in total. The Bertz CT molecular complexity index is 751. The third-order valence-electron chi connectivity index (χ3n) is 5.69. The summed E-state index contributed by atoms with van der Waals surface area (Å²) in [7, 11) is 0. The van der Waals surface area contributed by atoms with Gasteiger partial charge in [0.2, 0.25) is 0 Å². The number of pyridine rings is 1. The first-order valence-electron chi connectivity index (χ1n) is 9.68. The van der Waals surface area contributed by atoms with Gasteiger partial charge in [-0.1, -0.05) is 24.3 Å². The third-order valence-corrected chi connectivity index (χ3v) is 5.69. The van der Waals surface area contributed by atoms with Gasteiger partial charge in [-0.05, 0) is 38.0 Å². The van der Waals surface area contributed by atoms with E-state index in [2.05, 4.69) is 59.8 Å².